The van der Waals surface area contributed by atoms with E-state index >= 15 is 0 Å². The van der Waals surface area contributed by atoms with Crippen molar-refractivity contribution in [3.05, 3.63) is 30.3 Å². The topological polar surface area (TPSA) is 83.2 Å². The molecule has 1 saturated heterocycles. The number of halogens is 1. The van der Waals surface area contributed by atoms with Crippen LogP contribution in [0.2, 0.25) is 0 Å². The lowest BCUT2D eigenvalue weighted by Crippen LogP contribution is -2.49. The van der Waals surface area contributed by atoms with Gasteiger partial charge in [-0.15, -0.1) is 24.0 Å². The van der Waals surface area contributed by atoms with Crippen molar-refractivity contribution in [1.82, 2.24) is 10.2 Å². The number of hydrogen-bond donors (Lipinski definition) is 2. The molecule has 0 aliphatic carbocycles. The molecule has 8 heteroatoms. The molecule has 1 atom stereocenters. The number of guanidine groups is 1. The van der Waals surface area contributed by atoms with Gasteiger partial charge in [0.1, 0.15) is 6.54 Å². The Hall–Kier alpha value is -1.55. The summed E-state index contributed by atoms with van der Waals surface area (Å²) in [6, 6.07) is 10.3. The molecule has 25 heavy (non-hydrogen) atoms. The van der Waals surface area contributed by atoms with Gasteiger partial charge in [0.05, 0.1) is 6.61 Å². The molecule has 1 aromatic carbocycles. The van der Waals surface area contributed by atoms with Crippen molar-refractivity contribution in [2.75, 3.05) is 51.3 Å². The number of ether oxygens (including phenoxy) is 1. The number of amides is 1. The van der Waals surface area contributed by atoms with Crippen molar-refractivity contribution >= 4 is 41.5 Å². The van der Waals surface area contributed by atoms with Gasteiger partial charge in [-0.3, -0.25) is 4.79 Å². The summed E-state index contributed by atoms with van der Waals surface area (Å²) in [7, 11) is 1.63. The summed E-state index contributed by atoms with van der Waals surface area (Å²) in [5.74, 6) is 0.280. The Labute approximate surface area is 166 Å². The van der Waals surface area contributed by atoms with Crippen LogP contribution in [0.4, 0.5) is 5.69 Å². The SMILES string of the molecule is COCC(C)NC(N)=NCC(=O)N1CCN(c2ccccc2)CC1.I. The van der Waals surface area contributed by atoms with E-state index in [2.05, 4.69) is 27.3 Å². The number of methoxy groups -OCH3 is 1. The molecule has 0 saturated carbocycles. The average molecular weight is 461 g/mol. The highest BCUT2D eigenvalue weighted by atomic mass is 127. The van der Waals surface area contributed by atoms with Gasteiger partial charge in [-0.05, 0) is 19.1 Å². The summed E-state index contributed by atoms with van der Waals surface area (Å²) in [6.45, 7) is 5.62. The minimum Gasteiger partial charge on any atom is -0.383 e. The van der Waals surface area contributed by atoms with E-state index in [-0.39, 0.29) is 48.4 Å². The van der Waals surface area contributed by atoms with Crippen LogP contribution >= 0.6 is 24.0 Å². The van der Waals surface area contributed by atoms with Gasteiger partial charge >= 0.3 is 0 Å². The minimum atomic E-state index is 0. The van der Waals surface area contributed by atoms with Gasteiger partial charge in [0.25, 0.3) is 0 Å². The molecule has 3 N–H and O–H groups in total. The zero-order chi connectivity index (χ0) is 17.4. The van der Waals surface area contributed by atoms with Crippen LogP contribution in [0.1, 0.15) is 6.92 Å². The van der Waals surface area contributed by atoms with Gasteiger partial charge < -0.3 is 25.6 Å². The number of carbonyl (C=O) groups excluding carboxylic acids is 1. The predicted octanol–water partition coefficient (Wildman–Crippen LogP) is 0.892. The molecule has 1 aliphatic rings. The van der Waals surface area contributed by atoms with E-state index in [1.54, 1.807) is 7.11 Å². The second-order valence-electron chi connectivity index (χ2n) is 5.91. The van der Waals surface area contributed by atoms with Crippen molar-refractivity contribution in [2.24, 2.45) is 10.7 Å². The number of carbonyl (C=O) groups is 1. The third-order valence-electron chi connectivity index (χ3n) is 3.95. The average Bonchev–Trinajstić information content (AvgIpc) is 2.61. The number of rotatable bonds is 6. The predicted molar refractivity (Wildman–Crippen MR) is 112 cm³/mol. The monoisotopic (exact) mass is 461 g/mol. The standard InChI is InChI=1S/C17H27N5O2.HI/c1-14(13-24-2)20-17(18)19-12-16(23)22-10-8-21(9-11-22)15-6-4-3-5-7-15;/h3-7,14H,8-13H2,1-2H3,(H3,18,19,20);1H. The maximum absolute atomic E-state index is 12.2. The van der Waals surface area contributed by atoms with Crippen LogP contribution in [0.15, 0.2) is 35.3 Å². The molecular weight excluding hydrogens is 433 g/mol. The molecule has 1 fully saturated rings. The first-order valence-corrected chi connectivity index (χ1v) is 8.23. The molecule has 1 unspecified atom stereocenters. The molecule has 0 aromatic heterocycles. The molecule has 7 nitrogen and oxygen atoms in total. The van der Waals surface area contributed by atoms with Gasteiger partial charge in [0, 0.05) is 45.0 Å². The summed E-state index contributed by atoms with van der Waals surface area (Å²) in [4.78, 5) is 20.5. The van der Waals surface area contributed by atoms with Gasteiger partial charge in [0.15, 0.2) is 5.96 Å². The summed E-state index contributed by atoms with van der Waals surface area (Å²) in [6.07, 6.45) is 0. The van der Waals surface area contributed by atoms with Crippen LogP contribution in [0, 0.1) is 0 Å². The molecule has 2 rings (SSSR count). The van der Waals surface area contributed by atoms with Gasteiger partial charge in [-0.2, -0.15) is 0 Å². The third kappa shape index (κ3) is 7.07. The number of aliphatic imine (C=N–C) groups is 1. The van der Waals surface area contributed by atoms with Crippen LogP contribution in [-0.2, 0) is 9.53 Å². The second kappa shape index (κ2) is 11.1. The maximum Gasteiger partial charge on any atom is 0.244 e. The van der Waals surface area contributed by atoms with E-state index < -0.39 is 0 Å². The number of nitrogens with two attached hydrogens (primary N) is 1. The first-order chi connectivity index (χ1) is 11.6. The van der Waals surface area contributed by atoms with Gasteiger partial charge in [0.2, 0.25) is 5.91 Å². The zero-order valence-electron chi connectivity index (χ0n) is 14.9. The Morgan fingerprint density at radius 3 is 2.52 bits per heavy atom. The van der Waals surface area contributed by atoms with Crippen LogP contribution in [-0.4, -0.2) is 69.2 Å². The molecule has 0 bridgehead atoms. The third-order valence-corrected chi connectivity index (χ3v) is 3.95. The fraction of sp³-hybridized carbons (Fsp3) is 0.529. The number of benzene rings is 1. The quantitative estimate of drug-likeness (QED) is 0.374. The summed E-state index contributed by atoms with van der Waals surface area (Å²) >= 11 is 0. The highest BCUT2D eigenvalue weighted by molar-refractivity contribution is 14.0. The minimum absolute atomic E-state index is 0. The van der Waals surface area contributed by atoms with Crippen LogP contribution in [0.5, 0.6) is 0 Å². The van der Waals surface area contributed by atoms with E-state index in [0.29, 0.717) is 19.7 Å². The van der Waals surface area contributed by atoms with Crippen LogP contribution < -0.4 is 16.0 Å². The molecule has 1 aromatic rings. The first kappa shape index (κ1) is 21.5. The Bertz CT molecular complexity index is 547. The Balaban J connectivity index is 0.00000312. The maximum atomic E-state index is 12.2. The van der Waals surface area contributed by atoms with E-state index in [9.17, 15) is 4.79 Å². The number of para-hydroxylation sites is 1. The molecule has 1 aliphatic heterocycles. The fourth-order valence-electron chi connectivity index (χ4n) is 2.70. The van der Waals surface area contributed by atoms with Crippen molar-refractivity contribution in [1.29, 1.82) is 0 Å². The number of nitrogens with one attached hydrogen (secondary N) is 1. The van der Waals surface area contributed by atoms with E-state index in [0.717, 1.165) is 13.1 Å². The van der Waals surface area contributed by atoms with Crippen molar-refractivity contribution in [3.8, 4) is 0 Å². The molecule has 1 amide bonds. The molecule has 0 radical (unpaired) electrons. The van der Waals surface area contributed by atoms with Crippen LogP contribution in [0.3, 0.4) is 0 Å². The van der Waals surface area contributed by atoms with E-state index in [1.807, 2.05) is 30.0 Å². The number of nitrogens with zero attached hydrogens (tertiary/aromatic N) is 3. The number of piperazine rings is 1. The lowest BCUT2D eigenvalue weighted by Gasteiger charge is -2.36. The van der Waals surface area contributed by atoms with E-state index in [1.165, 1.54) is 5.69 Å². The second-order valence-corrected chi connectivity index (χ2v) is 5.91. The highest BCUT2D eigenvalue weighted by Crippen LogP contribution is 2.15. The van der Waals surface area contributed by atoms with Gasteiger partial charge in [-0.1, -0.05) is 18.2 Å². The van der Waals surface area contributed by atoms with Gasteiger partial charge in [-0.25, -0.2) is 4.99 Å². The molecular formula is C17H28IN5O2. The first-order valence-electron chi connectivity index (χ1n) is 8.23. The smallest absolute Gasteiger partial charge is 0.244 e. The Morgan fingerprint density at radius 1 is 1.28 bits per heavy atom. The normalized spacial score (nSPS) is 16.2. The van der Waals surface area contributed by atoms with Crippen LogP contribution in [0.25, 0.3) is 0 Å². The van der Waals surface area contributed by atoms with Crippen molar-refractivity contribution < 1.29 is 9.53 Å². The molecule has 0 spiro atoms. The van der Waals surface area contributed by atoms with Crippen molar-refractivity contribution in [3.63, 3.8) is 0 Å². The van der Waals surface area contributed by atoms with E-state index in [4.69, 9.17) is 10.5 Å². The number of hydrogen-bond acceptors (Lipinski definition) is 4. The lowest BCUT2D eigenvalue weighted by molar-refractivity contribution is -0.129. The summed E-state index contributed by atoms with van der Waals surface area (Å²) < 4.78 is 5.02. The fourth-order valence-corrected chi connectivity index (χ4v) is 2.70. The summed E-state index contributed by atoms with van der Waals surface area (Å²) in [5.41, 5.74) is 6.98. The highest BCUT2D eigenvalue weighted by Gasteiger charge is 2.20. The largest absolute Gasteiger partial charge is 0.383 e. The molecule has 140 valence electrons. The van der Waals surface area contributed by atoms with Crippen molar-refractivity contribution in [2.45, 2.75) is 13.0 Å². The summed E-state index contributed by atoms with van der Waals surface area (Å²) in [5, 5.41) is 2.99. The molecule has 1 heterocycles. The lowest BCUT2D eigenvalue weighted by atomic mass is 10.2. The number of anilines is 1. The zero-order valence-corrected chi connectivity index (χ0v) is 17.2. The Kier molecular flexibility index (Phi) is 9.58. The Morgan fingerprint density at radius 2 is 1.92 bits per heavy atom.